The highest BCUT2D eigenvalue weighted by molar-refractivity contribution is 5.88. The topological polar surface area (TPSA) is 69.0 Å². The number of benzene rings is 1. The Morgan fingerprint density at radius 1 is 1.22 bits per heavy atom. The summed E-state index contributed by atoms with van der Waals surface area (Å²) in [7, 11) is 1.67. The molecule has 3 heterocycles. The zero-order chi connectivity index (χ0) is 22.0. The molecule has 1 aliphatic heterocycles. The number of hydrogen-bond donors (Lipinski definition) is 0. The monoisotopic (exact) mass is 434 g/mol. The number of ether oxygens (including phenoxy) is 2. The van der Waals surface area contributed by atoms with Gasteiger partial charge in [0.05, 0.1) is 37.6 Å². The van der Waals surface area contributed by atoms with E-state index in [9.17, 15) is 4.79 Å². The van der Waals surface area contributed by atoms with Gasteiger partial charge >= 0.3 is 0 Å². The maximum Gasteiger partial charge on any atom is 0.233 e. The van der Waals surface area contributed by atoms with Crippen molar-refractivity contribution in [1.82, 2.24) is 19.3 Å². The Labute approximate surface area is 188 Å². The van der Waals surface area contributed by atoms with Crippen LogP contribution in [0.1, 0.15) is 36.9 Å². The Kier molecular flexibility index (Phi) is 5.83. The average molecular weight is 435 g/mol. The summed E-state index contributed by atoms with van der Waals surface area (Å²) in [6, 6.07) is 8.07. The van der Waals surface area contributed by atoms with Crippen molar-refractivity contribution in [3.8, 4) is 5.75 Å². The Morgan fingerprint density at radius 2 is 2.03 bits per heavy atom. The van der Waals surface area contributed by atoms with Crippen LogP contribution in [0.3, 0.4) is 0 Å². The molecule has 2 aromatic heterocycles. The van der Waals surface area contributed by atoms with Gasteiger partial charge in [0.15, 0.2) is 5.65 Å². The number of nitrogens with zero attached hydrogens (tertiary/aromatic N) is 4. The molecule has 1 saturated heterocycles. The predicted molar refractivity (Wildman–Crippen MR) is 121 cm³/mol. The summed E-state index contributed by atoms with van der Waals surface area (Å²) in [5.41, 5.74) is 2.50. The van der Waals surface area contributed by atoms with Crippen LogP contribution in [0.2, 0.25) is 0 Å². The fourth-order valence-electron chi connectivity index (χ4n) is 5.28. The molecule has 2 fully saturated rings. The second-order valence-electron chi connectivity index (χ2n) is 8.99. The van der Waals surface area contributed by atoms with Gasteiger partial charge in [-0.3, -0.25) is 9.78 Å². The van der Waals surface area contributed by atoms with Crippen molar-refractivity contribution in [3.63, 3.8) is 0 Å². The molecule has 0 N–H and O–H groups in total. The first-order valence-electron chi connectivity index (χ1n) is 11.5. The largest absolute Gasteiger partial charge is 0.497 e. The fraction of sp³-hybridized carbons (Fsp3) is 0.480. The minimum absolute atomic E-state index is 0.212. The summed E-state index contributed by atoms with van der Waals surface area (Å²) < 4.78 is 13.2. The highest BCUT2D eigenvalue weighted by atomic mass is 16.5. The van der Waals surface area contributed by atoms with Gasteiger partial charge in [0.2, 0.25) is 5.91 Å². The summed E-state index contributed by atoms with van der Waals surface area (Å²) >= 11 is 0. The van der Waals surface area contributed by atoms with Crippen molar-refractivity contribution >= 4 is 11.6 Å². The third-order valence-electron chi connectivity index (χ3n) is 6.96. The van der Waals surface area contributed by atoms with Gasteiger partial charge in [-0.15, -0.1) is 0 Å². The molecule has 7 nitrogen and oxygen atoms in total. The third-order valence-corrected chi connectivity index (χ3v) is 6.96. The van der Waals surface area contributed by atoms with E-state index in [0.717, 1.165) is 54.8 Å². The van der Waals surface area contributed by atoms with Gasteiger partial charge < -0.3 is 18.8 Å². The van der Waals surface area contributed by atoms with E-state index in [-0.39, 0.29) is 11.8 Å². The lowest BCUT2D eigenvalue weighted by Gasteiger charge is -2.35. The smallest absolute Gasteiger partial charge is 0.233 e. The molecule has 0 spiro atoms. The van der Waals surface area contributed by atoms with Crippen molar-refractivity contribution in [1.29, 1.82) is 0 Å². The van der Waals surface area contributed by atoms with Crippen LogP contribution in [-0.4, -0.2) is 58.6 Å². The minimum atomic E-state index is -0.435. The summed E-state index contributed by atoms with van der Waals surface area (Å²) in [5.74, 6) is 1.28. The predicted octanol–water partition coefficient (Wildman–Crippen LogP) is 3.27. The molecule has 1 aliphatic carbocycles. The van der Waals surface area contributed by atoms with Crippen LogP contribution in [0.4, 0.5) is 0 Å². The van der Waals surface area contributed by atoms with Crippen LogP contribution in [0.15, 0.2) is 49.1 Å². The number of amides is 1. The molecule has 1 saturated carbocycles. The summed E-state index contributed by atoms with van der Waals surface area (Å²) in [4.78, 5) is 24.9. The normalized spacial score (nSPS) is 20.9. The van der Waals surface area contributed by atoms with Crippen LogP contribution in [0.5, 0.6) is 5.75 Å². The van der Waals surface area contributed by atoms with E-state index in [1.807, 2.05) is 33.8 Å². The maximum absolute atomic E-state index is 14.0. The SMILES string of the molecule is COc1ccc(C2(C(=O)N3CCOC[C@@H](Cc4cn5ccnc5cn4)C3)CCCC2)cc1. The molecule has 1 atom stereocenters. The van der Waals surface area contributed by atoms with Crippen molar-refractivity contribution < 1.29 is 14.3 Å². The summed E-state index contributed by atoms with van der Waals surface area (Å²) in [6.45, 7) is 2.56. The van der Waals surface area contributed by atoms with Gasteiger partial charge in [-0.25, -0.2) is 4.98 Å². The Hall–Kier alpha value is -2.93. The molecule has 2 aliphatic rings. The third kappa shape index (κ3) is 3.97. The maximum atomic E-state index is 14.0. The van der Waals surface area contributed by atoms with Gasteiger partial charge in [-0.1, -0.05) is 25.0 Å². The number of carbonyl (C=O) groups excluding carboxylic acids is 1. The van der Waals surface area contributed by atoms with E-state index in [2.05, 4.69) is 22.1 Å². The van der Waals surface area contributed by atoms with E-state index in [1.165, 1.54) is 0 Å². The first-order chi connectivity index (χ1) is 15.7. The van der Waals surface area contributed by atoms with Crippen LogP contribution >= 0.6 is 0 Å². The van der Waals surface area contributed by atoms with E-state index in [4.69, 9.17) is 9.47 Å². The molecule has 0 unspecified atom stereocenters. The Morgan fingerprint density at radius 3 is 2.81 bits per heavy atom. The van der Waals surface area contributed by atoms with Gasteiger partial charge in [0, 0.05) is 37.6 Å². The molecule has 0 bridgehead atoms. The van der Waals surface area contributed by atoms with E-state index in [0.29, 0.717) is 26.3 Å². The molecule has 1 aromatic carbocycles. The number of rotatable bonds is 5. The number of aromatic nitrogens is 3. The van der Waals surface area contributed by atoms with Gasteiger partial charge in [-0.2, -0.15) is 0 Å². The summed E-state index contributed by atoms with van der Waals surface area (Å²) in [6.07, 6.45) is 12.3. The Bertz CT molecular complexity index is 1070. The number of imidazole rings is 1. The van der Waals surface area contributed by atoms with Gasteiger partial charge in [0.25, 0.3) is 0 Å². The van der Waals surface area contributed by atoms with Crippen LogP contribution in [-0.2, 0) is 21.4 Å². The quantitative estimate of drug-likeness (QED) is 0.617. The van der Waals surface area contributed by atoms with Gasteiger partial charge in [0.1, 0.15) is 5.75 Å². The summed E-state index contributed by atoms with van der Waals surface area (Å²) in [5, 5.41) is 0. The zero-order valence-corrected chi connectivity index (χ0v) is 18.6. The van der Waals surface area contributed by atoms with Crippen molar-refractivity contribution in [2.24, 2.45) is 5.92 Å². The zero-order valence-electron chi connectivity index (χ0n) is 18.6. The number of fused-ring (bicyclic) bond motifs is 1. The highest BCUT2D eigenvalue weighted by Gasteiger charge is 2.45. The molecule has 168 valence electrons. The standard InChI is InChI=1S/C25H30N4O3/c1-31-22-6-4-20(5-7-22)25(8-2-3-9-25)24(30)29-12-13-32-18-19(16-29)14-21-17-28-11-10-26-23(28)15-27-21/h4-7,10-11,15,17,19H,2-3,8-9,12-14,16,18H2,1H3/t19-/m0/s1. The van der Waals surface area contributed by atoms with Gasteiger partial charge in [-0.05, 0) is 37.0 Å². The molecule has 5 rings (SSSR count). The molecule has 0 radical (unpaired) electrons. The first kappa shape index (κ1) is 20.9. The lowest BCUT2D eigenvalue weighted by molar-refractivity contribution is -0.137. The molecule has 32 heavy (non-hydrogen) atoms. The lowest BCUT2D eigenvalue weighted by atomic mass is 9.77. The fourth-order valence-corrected chi connectivity index (χ4v) is 5.28. The molecule has 3 aromatic rings. The second kappa shape index (κ2) is 8.90. The van der Waals surface area contributed by atoms with Crippen LogP contribution in [0.25, 0.3) is 5.65 Å². The van der Waals surface area contributed by atoms with Crippen molar-refractivity contribution in [2.45, 2.75) is 37.5 Å². The van der Waals surface area contributed by atoms with E-state index >= 15 is 0 Å². The molecular weight excluding hydrogens is 404 g/mol. The molecule has 7 heteroatoms. The highest BCUT2D eigenvalue weighted by Crippen LogP contribution is 2.43. The Balaban J connectivity index is 1.36. The average Bonchev–Trinajstić information content (AvgIpc) is 3.45. The van der Waals surface area contributed by atoms with Crippen LogP contribution in [0, 0.1) is 5.92 Å². The molecular formula is C25H30N4O3. The van der Waals surface area contributed by atoms with Crippen LogP contribution < -0.4 is 4.74 Å². The van der Waals surface area contributed by atoms with E-state index < -0.39 is 5.41 Å². The van der Waals surface area contributed by atoms with E-state index in [1.54, 1.807) is 19.5 Å². The first-order valence-corrected chi connectivity index (χ1v) is 11.5. The van der Waals surface area contributed by atoms with Crippen molar-refractivity contribution in [2.75, 3.05) is 33.4 Å². The van der Waals surface area contributed by atoms with Crippen molar-refractivity contribution in [3.05, 3.63) is 60.3 Å². The lowest BCUT2D eigenvalue weighted by Crippen LogP contribution is -2.47. The number of carbonyl (C=O) groups is 1. The number of hydrogen-bond acceptors (Lipinski definition) is 5. The minimum Gasteiger partial charge on any atom is -0.497 e. The molecule has 1 amide bonds. The number of methoxy groups -OCH3 is 1. The second-order valence-corrected chi connectivity index (χ2v) is 8.99.